The zero-order valence-electron chi connectivity index (χ0n) is 17.9. The number of rotatable bonds is 4. The summed E-state index contributed by atoms with van der Waals surface area (Å²) in [5.41, 5.74) is 12.5. The van der Waals surface area contributed by atoms with Crippen LogP contribution in [0.25, 0.3) is 17.0 Å². The Labute approximate surface area is 197 Å². The predicted molar refractivity (Wildman–Crippen MR) is 126 cm³/mol. The van der Waals surface area contributed by atoms with Gasteiger partial charge in [-0.05, 0) is 31.2 Å². The number of nitrogens with zero attached hydrogens (tertiary/aromatic N) is 2. The number of hydrogen-bond acceptors (Lipinski definition) is 7. The van der Waals surface area contributed by atoms with Gasteiger partial charge in [-0.1, -0.05) is 30.4 Å². The van der Waals surface area contributed by atoms with Crippen LogP contribution < -0.4 is 16.8 Å². The highest BCUT2D eigenvalue weighted by atomic mass is 32.1. The molecular formula is C22H21F3N6O2S. The number of carbonyl (C=O) groups excluding carboxylic acids is 1. The number of primary amides is 1. The van der Waals surface area contributed by atoms with E-state index < -0.39 is 23.7 Å². The number of hydrogen-bond donors (Lipinski definition) is 4. The number of allylic oxidation sites excluding steroid dienone is 2. The minimum Gasteiger partial charge on any atom is -0.461 e. The molecule has 2 aromatic rings. The Bertz CT molecular complexity index is 1260. The van der Waals surface area contributed by atoms with Crippen molar-refractivity contribution < 1.29 is 22.7 Å². The second-order valence-electron chi connectivity index (χ2n) is 7.17. The molecule has 0 fully saturated rings. The molecule has 178 valence electrons. The molecule has 8 nitrogen and oxygen atoms in total. The number of aromatic nitrogens is 2. The number of nitrogens with one attached hydrogen (secondary N) is 2. The SMILES string of the molecule is CC1/C=C(C(F)(F)F)\C=C/COC(Nc2cccc(-c3[nH]cnc(=S)c3/C(N)=C/C(N)=O)c2)=N1. The van der Waals surface area contributed by atoms with Gasteiger partial charge in [0, 0.05) is 23.0 Å². The number of amidine groups is 1. The molecule has 0 saturated heterocycles. The molecule has 0 aliphatic carbocycles. The van der Waals surface area contributed by atoms with Gasteiger partial charge in [-0.2, -0.15) is 13.2 Å². The highest BCUT2D eigenvalue weighted by molar-refractivity contribution is 7.71. The third-order valence-electron chi connectivity index (χ3n) is 4.53. The summed E-state index contributed by atoms with van der Waals surface area (Å²) in [6.45, 7) is 1.41. The van der Waals surface area contributed by atoms with Gasteiger partial charge in [0.15, 0.2) is 0 Å². The van der Waals surface area contributed by atoms with Crippen LogP contribution in [-0.4, -0.2) is 40.7 Å². The number of alkyl halides is 3. The summed E-state index contributed by atoms with van der Waals surface area (Å²) in [4.78, 5) is 22.5. The van der Waals surface area contributed by atoms with E-state index in [0.717, 1.165) is 18.2 Å². The number of carbonyl (C=O) groups is 1. The van der Waals surface area contributed by atoms with E-state index in [-0.39, 0.29) is 23.0 Å². The number of aliphatic imine (C=N–C) groups is 1. The maximum absolute atomic E-state index is 13.1. The Morgan fingerprint density at radius 2 is 2.12 bits per heavy atom. The molecule has 2 heterocycles. The smallest absolute Gasteiger partial charge is 0.416 e. The van der Waals surface area contributed by atoms with Crippen LogP contribution in [-0.2, 0) is 9.53 Å². The minimum absolute atomic E-state index is 0.0463. The Morgan fingerprint density at radius 3 is 2.82 bits per heavy atom. The van der Waals surface area contributed by atoms with Crippen LogP contribution >= 0.6 is 12.2 Å². The Kier molecular flexibility index (Phi) is 7.51. The van der Waals surface area contributed by atoms with Crippen LogP contribution in [0.1, 0.15) is 12.5 Å². The molecular weight excluding hydrogens is 469 g/mol. The number of nitrogens with two attached hydrogens (primary N) is 2. The summed E-state index contributed by atoms with van der Waals surface area (Å²) in [6.07, 6.45) is 1.20. The molecule has 0 radical (unpaired) electrons. The maximum atomic E-state index is 13.1. The fourth-order valence-electron chi connectivity index (χ4n) is 3.13. The number of benzene rings is 1. The summed E-state index contributed by atoms with van der Waals surface area (Å²) >= 11 is 5.27. The van der Waals surface area contributed by atoms with Crippen molar-refractivity contribution in [2.24, 2.45) is 16.5 Å². The van der Waals surface area contributed by atoms with Crippen molar-refractivity contribution >= 4 is 35.5 Å². The quantitative estimate of drug-likeness (QED) is 0.381. The van der Waals surface area contributed by atoms with E-state index >= 15 is 0 Å². The molecule has 1 atom stereocenters. The number of halogens is 3. The highest BCUT2D eigenvalue weighted by Crippen LogP contribution is 2.29. The molecule has 0 saturated carbocycles. The Hall–Kier alpha value is -3.93. The highest BCUT2D eigenvalue weighted by Gasteiger charge is 2.32. The molecule has 1 unspecified atom stereocenters. The molecule has 6 N–H and O–H groups in total. The lowest BCUT2D eigenvalue weighted by molar-refractivity contribution is -0.113. The van der Waals surface area contributed by atoms with Gasteiger partial charge in [0.25, 0.3) is 6.02 Å². The first-order chi connectivity index (χ1) is 16.0. The largest absolute Gasteiger partial charge is 0.461 e. The third kappa shape index (κ3) is 6.32. The molecule has 0 spiro atoms. The van der Waals surface area contributed by atoms with E-state index in [1.54, 1.807) is 24.3 Å². The molecule has 1 aromatic heterocycles. The summed E-state index contributed by atoms with van der Waals surface area (Å²) in [7, 11) is 0. The van der Waals surface area contributed by atoms with E-state index in [4.69, 9.17) is 28.4 Å². The fraction of sp³-hybridized carbons (Fsp3) is 0.182. The topological polar surface area (TPSA) is 131 Å². The summed E-state index contributed by atoms with van der Waals surface area (Å²) in [5, 5.41) is 2.97. The first-order valence-corrected chi connectivity index (χ1v) is 10.3. The zero-order valence-corrected chi connectivity index (χ0v) is 18.7. The van der Waals surface area contributed by atoms with Crippen LogP contribution in [0.2, 0.25) is 0 Å². The normalized spacial score (nSPS) is 19.4. The average molecular weight is 491 g/mol. The lowest BCUT2D eigenvalue weighted by Gasteiger charge is -2.14. The first kappa shape index (κ1) is 24.7. The molecule has 3 rings (SSSR count). The second kappa shape index (κ2) is 10.3. The standard InChI is InChI=1S/C22H21F3N6O2S/c1-12-8-14(22(23,24)25)5-3-7-33-21(30-12)31-15-6-2-4-13(9-15)19-18(16(26)10-17(27)32)20(34)29-11-28-19/h2-6,8-12H,7,26H2,1H3,(H2,27,32)(H,30,31)(H,28,29,34)/b5-3-,14-8+,16-10-. The molecule has 12 heteroatoms. The molecule has 34 heavy (non-hydrogen) atoms. The van der Waals surface area contributed by atoms with Crippen molar-refractivity contribution in [2.45, 2.75) is 19.1 Å². The molecule has 0 bridgehead atoms. The van der Waals surface area contributed by atoms with Crippen molar-refractivity contribution in [3.63, 3.8) is 0 Å². The van der Waals surface area contributed by atoms with E-state index in [1.165, 1.54) is 19.3 Å². The van der Waals surface area contributed by atoms with Crippen molar-refractivity contribution in [3.8, 4) is 11.3 Å². The summed E-state index contributed by atoms with van der Waals surface area (Å²) < 4.78 is 45.0. The van der Waals surface area contributed by atoms with Crippen molar-refractivity contribution in [1.82, 2.24) is 9.97 Å². The molecule has 1 amide bonds. The maximum Gasteiger partial charge on any atom is 0.416 e. The van der Waals surface area contributed by atoms with Crippen LogP contribution in [0.15, 0.2) is 65.5 Å². The molecule has 1 aliphatic heterocycles. The lowest BCUT2D eigenvalue weighted by atomic mass is 10.0. The third-order valence-corrected chi connectivity index (χ3v) is 4.84. The van der Waals surface area contributed by atoms with Crippen LogP contribution in [0.4, 0.5) is 18.9 Å². The van der Waals surface area contributed by atoms with E-state index in [9.17, 15) is 18.0 Å². The van der Waals surface area contributed by atoms with Gasteiger partial charge < -0.3 is 26.5 Å². The monoisotopic (exact) mass is 490 g/mol. The van der Waals surface area contributed by atoms with Gasteiger partial charge in [0.2, 0.25) is 5.91 Å². The van der Waals surface area contributed by atoms with E-state index in [1.807, 2.05) is 0 Å². The van der Waals surface area contributed by atoms with Gasteiger partial charge in [-0.25, -0.2) is 9.98 Å². The number of aromatic amines is 1. The first-order valence-electron chi connectivity index (χ1n) is 9.93. The number of H-pyrrole nitrogens is 1. The van der Waals surface area contributed by atoms with Gasteiger partial charge in [0.1, 0.15) is 11.2 Å². The minimum atomic E-state index is -4.49. The fourth-order valence-corrected chi connectivity index (χ4v) is 3.40. The average Bonchev–Trinajstić information content (AvgIpc) is 2.83. The number of anilines is 1. The van der Waals surface area contributed by atoms with Gasteiger partial charge >= 0.3 is 6.18 Å². The molecule has 1 aromatic carbocycles. The Morgan fingerprint density at radius 1 is 1.35 bits per heavy atom. The van der Waals surface area contributed by atoms with Crippen LogP contribution in [0.3, 0.4) is 0 Å². The van der Waals surface area contributed by atoms with Crippen LogP contribution in [0, 0.1) is 4.64 Å². The van der Waals surface area contributed by atoms with Crippen molar-refractivity contribution in [2.75, 3.05) is 11.9 Å². The van der Waals surface area contributed by atoms with E-state index in [2.05, 4.69) is 20.3 Å². The van der Waals surface area contributed by atoms with Gasteiger partial charge in [-0.3, -0.25) is 4.79 Å². The number of ether oxygens (including phenoxy) is 1. The summed E-state index contributed by atoms with van der Waals surface area (Å²) in [6, 6.07) is 6.18. The van der Waals surface area contributed by atoms with Gasteiger partial charge in [-0.15, -0.1) is 0 Å². The lowest BCUT2D eigenvalue weighted by Crippen LogP contribution is -2.18. The van der Waals surface area contributed by atoms with Crippen LogP contribution in [0.5, 0.6) is 0 Å². The van der Waals surface area contributed by atoms with E-state index in [0.29, 0.717) is 22.5 Å². The predicted octanol–water partition coefficient (Wildman–Crippen LogP) is 3.82. The molecule has 1 aliphatic rings. The van der Waals surface area contributed by atoms with Gasteiger partial charge in [0.05, 0.1) is 29.2 Å². The Balaban J connectivity index is 1.95. The second-order valence-corrected chi connectivity index (χ2v) is 7.56. The summed E-state index contributed by atoms with van der Waals surface area (Å²) in [5.74, 6) is -0.738. The zero-order chi connectivity index (χ0) is 24.9. The van der Waals surface area contributed by atoms with Crippen molar-refractivity contribution in [3.05, 3.63) is 70.7 Å². The number of amides is 1. The van der Waals surface area contributed by atoms with Crippen molar-refractivity contribution in [1.29, 1.82) is 0 Å².